The number of likely N-dealkylation sites (tertiary alicyclic amines) is 1. The van der Waals surface area contributed by atoms with Crippen LogP contribution in [0.2, 0.25) is 0 Å². The van der Waals surface area contributed by atoms with Crippen molar-refractivity contribution in [2.75, 3.05) is 25.0 Å². The van der Waals surface area contributed by atoms with Gasteiger partial charge in [0.2, 0.25) is 0 Å². The molecule has 1 aliphatic heterocycles. The molecule has 1 fully saturated rings. The average Bonchev–Trinajstić information content (AvgIpc) is 2.54. The Hall–Kier alpha value is -2.90. The van der Waals surface area contributed by atoms with Crippen LogP contribution in [0.25, 0.3) is 0 Å². The fourth-order valence-corrected chi connectivity index (χ4v) is 2.54. The molecule has 5 nitrogen and oxygen atoms in total. The Morgan fingerprint density at radius 2 is 1.73 bits per heavy atom. The van der Waals surface area contributed by atoms with Gasteiger partial charge in [0.05, 0.1) is 12.2 Å². The molecule has 1 heterocycles. The largest absolute Gasteiger partial charge is 0.508 e. The number of nitrogens with zero attached hydrogens (tertiary/aromatic N) is 1. The molecule has 2 N–H and O–H groups in total. The smallest absolute Gasteiger partial charge is 0.416 e. The topological polar surface area (TPSA) is 61.8 Å². The van der Waals surface area contributed by atoms with Crippen LogP contribution < -0.4 is 10.1 Å². The molecule has 0 atom stereocenters. The maximum Gasteiger partial charge on any atom is 0.416 e. The summed E-state index contributed by atoms with van der Waals surface area (Å²) in [7, 11) is 0. The summed E-state index contributed by atoms with van der Waals surface area (Å²) in [5, 5.41) is 11.8. The van der Waals surface area contributed by atoms with Crippen LogP contribution in [-0.4, -0.2) is 35.7 Å². The van der Waals surface area contributed by atoms with E-state index in [0.29, 0.717) is 31.1 Å². The maximum atomic E-state index is 12.5. The first-order valence-electron chi connectivity index (χ1n) is 7.96. The van der Waals surface area contributed by atoms with Gasteiger partial charge < -0.3 is 20.1 Å². The zero-order valence-corrected chi connectivity index (χ0v) is 13.7. The van der Waals surface area contributed by atoms with Crippen molar-refractivity contribution in [2.24, 2.45) is 5.92 Å². The van der Waals surface area contributed by atoms with Crippen molar-refractivity contribution in [3.63, 3.8) is 0 Å². The van der Waals surface area contributed by atoms with Gasteiger partial charge in [-0.15, -0.1) is 0 Å². The Morgan fingerprint density at radius 1 is 1.12 bits per heavy atom. The Kier molecular flexibility index (Phi) is 4.92. The van der Waals surface area contributed by atoms with E-state index in [2.05, 4.69) is 5.32 Å². The van der Waals surface area contributed by atoms with E-state index in [9.17, 15) is 23.1 Å². The van der Waals surface area contributed by atoms with Gasteiger partial charge in [0.1, 0.15) is 11.5 Å². The third-order valence-corrected chi connectivity index (χ3v) is 4.03. The second kappa shape index (κ2) is 7.15. The summed E-state index contributed by atoms with van der Waals surface area (Å²) in [5.74, 6) is 0.977. The Balaban J connectivity index is 1.42. The number of alkyl halides is 3. The molecule has 8 heteroatoms. The highest BCUT2D eigenvalue weighted by Crippen LogP contribution is 2.30. The predicted octanol–water partition coefficient (Wildman–Crippen LogP) is 3.95. The SMILES string of the molecule is O=C(Nc1ccc(C(F)(F)F)cc1)N1CC(COc2ccc(O)cc2)C1. The summed E-state index contributed by atoms with van der Waals surface area (Å²) in [4.78, 5) is 13.6. The molecule has 3 rings (SSSR count). The van der Waals surface area contributed by atoms with Crippen molar-refractivity contribution >= 4 is 11.7 Å². The Bertz CT molecular complexity index is 755. The molecular weight excluding hydrogens is 349 g/mol. The first-order valence-corrected chi connectivity index (χ1v) is 7.96. The average molecular weight is 366 g/mol. The normalized spacial score (nSPS) is 14.7. The first-order chi connectivity index (χ1) is 12.3. The fraction of sp³-hybridized carbons (Fsp3) is 0.278. The van der Waals surface area contributed by atoms with E-state index in [-0.39, 0.29) is 17.7 Å². The number of anilines is 1. The second-order valence-electron chi connectivity index (χ2n) is 6.08. The minimum absolute atomic E-state index is 0.159. The van der Waals surface area contributed by atoms with Gasteiger partial charge in [0.25, 0.3) is 0 Å². The van der Waals surface area contributed by atoms with Gasteiger partial charge >= 0.3 is 12.2 Å². The number of hydrogen-bond acceptors (Lipinski definition) is 3. The zero-order chi connectivity index (χ0) is 18.7. The number of amides is 2. The molecule has 0 aromatic heterocycles. The first kappa shape index (κ1) is 17.9. The molecular formula is C18H17F3N2O3. The number of aromatic hydroxyl groups is 1. The summed E-state index contributed by atoms with van der Waals surface area (Å²) >= 11 is 0. The van der Waals surface area contributed by atoms with E-state index >= 15 is 0 Å². The van der Waals surface area contributed by atoms with Crippen LogP contribution in [0.5, 0.6) is 11.5 Å². The number of carbonyl (C=O) groups is 1. The minimum Gasteiger partial charge on any atom is -0.508 e. The molecule has 0 unspecified atom stereocenters. The van der Waals surface area contributed by atoms with Crippen molar-refractivity contribution < 1.29 is 27.8 Å². The molecule has 0 spiro atoms. The summed E-state index contributed by atoms with van der Waals surface area (Å²) in [6, 6.07) is 10.3. The van der Waals surface area contributed by atoms with E-state index in [1.165, 1.54) is 24.3 Å². The van der Waals surface area contributed by atoms with Gasteiger partial charge in [0.15, 0.2) is 0 Å². The van der Waals surface area contributed by atoms with Crippen LogP contribution in [0.1, 0.15) is 5.56 Å². The van der Waals surface area contributed by atoms with Crippen LogP contribution in [0.15, 0.2) is 48.5 Å². The van der Waals surface area contributed by atoms with Gasteiger partial charge in [-0.2, -0.15) is 13.2 Å². The van der Waals surface area contributed by atoms with Gasteiger partial charge in [-0.3, -0.25) is 0 Å². The lowest BCUT2D eigenvalue weighted by Crippen LogP contribution is -2.53. The number of phenols is 1. The monoisotopic (exact) mass is 366 g/mol. The van der Waals surface area contributed by atoms with E-state index < -0.39 is 11.7 Å². The van der Waals surface area contributed by atoms with Gasteiger partial charge in [-0.25, -0.2) is 4.79 Å². The standard InChI is InChI=1S/C18H17F3N2O3/c19-18(20,21)13-1-3-14(4-2-13)22-17(25)23-9-12(10-23)11-26-16-7-5-15(24)6-8-16/h1-8,12,24H,9-11H2,(H,22,25). The van der Waals surface area contributed by atoms with Crippen LogP contribution in [0, 0.1) is 5.92 Å². The number of halogens is 3. The molecule has 0 radical (unpaired) electrons. The number of urea groups is 1. The van der Waals surface area contributed by atoms with E-state index in [1.54, 1.807) is 17.0 Å². The van der Waals surface area contributed by atoms with Crippen molar-refractivity contribution in [3.05, 3.63) is 54.1 Å². The lowest BCUT2D eigenvalue weighted by Gasteiger charge is -2.38. The van der Waals surface area contributed by atoms with Crippen LogP contribution in [0.3, 0.4) is 0 Å². The molecule has 26 heavy (non-hydrogen) atoms. The molecule has 2 amide bonds. The van der Waals surface area contributed by atoms with Crippen molar-refractivity contribution in [1.29, 1.82) is 0 Å². The summed E-state index contributed by atoms with van der Waals surface area (Å²) < 4.78 is 43.1. The second-order valence-corrected chi connectivity index (χ2v) is 6.08. The lowest BCUT2D eigenvalue weighted by atomic mass is 10.0. The zero-order valence-electron chi connectivity index (χ0n) is 13.7. The summed E-state index contributed by atoms with van der Waals surface area (Å²) in [6.45, 7) is 1.45. The highest BCUT2D eigenvalue weighted by Gasteiger charge is 2.32. The van der Waals surface area contributed by atoms with Crippen molar-refractivity contribution in [1.82, 2.24) is 4.90 Å². The molecule has 0 aliphatic carbocycles. The number of hydrogen-bond donors (Lipinski definition) is 2. The molecule has 0 saturated carbocycles. The van der Waals surface area contributed by atoms with Crippen molar-refractivity contribution in [2.45, 2.75) is 6.18 Å². The molecule has 1 saturated heterocycles. The number of phenolic OH excluding ortho intramolecular Hbond substituents is 1. The van der Waals surface area contributed by atoms with Crippen LogP contribution in [0.4, 0.5) is 23.7 Å². The maximum absolute atomic E-state index is 12.5. The van der Waals surface area contributed by atoms with E-state index in [0.717, 1.165) is 12.1 Å². The van der Waals surface area contributed by atoms with E-state index in [4.69, 9.17) is 4.74 Å². The fourth-order valence-electron chi connectivity index (χ4n) is 2.54. The van der Waals surface area contributed by atoms with Gasteiger partial charge in [-0.1, -0.05) is 0 Å². The lowest BCUT2D eigenvalue weighted by molar-refractivity contribution is -0.137. The Morgan fingerprint density at radius 3 is 2.31 bits per heavy atom. The molecule has 2 aromatic carbocycles. The third kappa shape index (κ3) is 4.38. The highest BCUT2D eigenvalue weighted by molar-refractivity contribution is 5.89. The predicted molar refractivity (Wildman–Crippen MR) is 89.1 cm³/mol. The number of ether oxygens (including phenoxy) is 1. The van der Waals surface area contributed by atoms with Crippen LogP contribution in [-0.2, 0) is 6.18 Å². The molecule has 0 bridgehead atoms. The highest BCUT2D eigenvalue weighted by atomic mass is 19.4. The van der Waals surface area contributed by atoms with Crippen molar-refractivity contribution in [3.8, 4) is 11.5 Å². The molecule has 138 valence electrons. The van der Waals surface area contributed by atoms with Gasteiger partial charge in [-0.05, 0) is 48.5 Å². The number of carbonyl (C=O) groups excluding carboxylic acids is 1. The number of nitrogens with one attached hydrogen (secondary N) is 1. The molecule has 1 aliphatic rings. The summed E-state index contributed by atoms with van der Waals surface area (Å²) in [5.41, 5.74) is -0.447. The molecule has 2 aromatic rings. The Labute approximate surface area is 148 Å². The quantitative estimate of drug-likeness (QED) is 0.861. The third-order valence-electron chi connectivity index (χ3n) is 4.03. The number of benzene rings is 2. The van der Waals surface area contributed by atoms with Gasteiger partial charge in [0, 0.05) is 24.7 Å². The number of rotatable bonds is 4. The minimum atomic E-state index is -4.40. The van der Waals surface area contributed by atoms with Crippen LogP contribution >= 0.6 is 0 Å². The summed E-state index contributed by atoms with van der Waals surface area (Å²) in [6.07, 6.45) is -4.40. The van der Waals surface area contributed by atoms with E-state index in [1.807, 2.05) is 0 Å².